The van der Waals surface area contributed by atoms with E-state index in [9.17, 15) is 8.42 Å². The van der Waals surface area contributed by atoms with Crippen LogP contribution in [0.5, 0.6) is 0 Å². The van der Waals surface area contributed by atoms with Crippen molar-refractivity contribution in [3.05, 3.63) is 29.3 Å². The number of unbranched alkanes of at least 4 members (excludes halogenated alkanes) is 1. The van der Waals surface area contributed by atoms with Crippen molar-refractivity contribution >= 4 is 21.6 Å². The molecular formula is C10H15ClN2O2S. The van der Waals surface area contributed by atoms with E-state index in [-0.39, 0.29) is 9.92 Å². The molecular weight excluding hydrogens is 248 g/mol. The maximum absolute atomic E-state index is 11.8. The molecule has 1 rings (SSSR count). The second-order valence-electron chi connectivity index (χ2n) is 3.32. The van der Waals surface area contributed by atoms with E-state index in [0.29, 0.717) is 13.1 Å². The third-order valence-corrected chi connectivity index (χ3v) is 4.01. The first kappa shape index (κ1) is 13.4. The minimum absolute atomic E-state index is 0.115. The molecule has 0 saturated carbocycles. The fourth-order valence-electron chi connectivity index (χ4n) is 1.22. The number of nitrogens with two attached hydrogens (primary N) is 1. The van der Waals surface area contributed by atoms with Crippen LogP contribution in [0.2, 0.25) is 5.02 Å². The summed E-state index contributed by atoms with van der Waals surface area (Å²) in [7, 11) is -3.49. The first-order valence-electron chi connectivity index (χ1n) is 5.02. The van der Waals surface area contributed by atoms with E-state index < -0.39 is 10.0 Å². The molecule has 3 N–H and O–H groups in total. The maximum atomic E-state index is 11.8. The summed E-state index contributed by atoms with van der Waals surface area (Å²) in [4.78, 5) is 0.115. The Bertz CT molecular complexity index is 434. The van der Waals surface area contributed by atoms with Crippen molar-refractivity contribution in [1.29, 1.82) is 0 Å². The van der Waals surface area contributed by atoms with Crippen LogP contribution < -0.4 is 10.5 Å². The van der Waals surface area contributed by atoms with Crippen LogP contribution in [0.4, 0.5) is 0 Å². The molecule has 6 heteroatoms. The summed E-state index contributed by atoms with van der Waals surface area (Å²) in [6.07, 6.45) is 1.52. The highest BCUT2D eigenvalue weighted by atomic mass is 35.5. The Balaban J connectivity index is 2.68. The van der Waals surface area contributed by atoms with E-state index in [0.717, 1.165) is 12.8 Å². The molecule has 0 saturated heterocycles. The van der Waals surface area contributed by atoms with Gasteiger partial charge in [-0.2, -0.15) is 0 Å². The van der Waals surface area contributed by atoms with Crippen LogP contribution >= 0.6 is 11.6 Å². The summed E-state index contributed by atoms with van der Waals surface area (Å²) in [6, 6.07) is 6.36. The Morgan fingerprint density at radius 2 is 1.94 bits per heavy atom. The lowest BCUT2D eigenvalue weighted by Crippen LogP contribution is -2.25. The second-order valence-corrected chi connectivity index (χ2v) is 5.47. The van der Waals surface area contributed by atoms with Crippen LogP contribution in [0.3, 0.4) is 0 Å². The van der Waals surface area contributed by atoms with Crippen molar-refractivity contribution in [3.63, 3.8) is 0 Å². The van der Waals surface area contributed by atoms with Crippen LogP contribution in [-0.4, -0.2) is 21.5 Å². The number of hydrogen-bond donors (Lipinski definition) is 2. The van der Waals surface area contributed by atoms with Gasteiger partial charge in [-0.05, 0) is 31.5 Å². The zero-order valence-electron chi connectivity index (χ0n) is 8.82. The molecule has 1 aromatic carbocycles. The minimum Gasteiger partial charge on any atom is -0.330 e. The van der Waals surface area contributed by atoms with Crippen molar-refractivity contribution in [2.75, 3.05) is 13.1 Å². The molecule has 90 valence electrons. The molecule has 0 bridgehead atoms. The molecule has 0 heterocycles. The lowest BCUT2D eigenvalue weighted by Gasteiger charge is -2.07. The Morgan fingerprint density at radius 3 is 2.56 bits per heavy atom. The van der Waals surface area contributed by atoms with E-state index in [4.69, 9.17) is 17.3 Å². The summed E-state index contributed by atoms with van der Waals surface area (Å²) >= 11 is 5.81. The van der Waals surface area contributed by atoms with Gasteiger partial charge in [-0.1, -0.05) is 23.7 Å². The molecule has 1 aromatic rings. The first-order chi connectivity index (χ1) is 7.58. The van der Waals surface area contributed by atoms with Gasteiger partial charge in [-0.3, -0.25) is 0 Å². The van der Waals surface area contributed by atoms with Crippen molar-refractivity contribution in [1.82, 2.24) is 4.72 Å². The highest BCUT2D eigenvalue weighted by Gasteiger charge is 2.15. The van der Waals surface area contributed by atoms with E-state index in [2.05, 4.69) is 4.72 Å². The van der Waals surface area contributed by atoms with Crippen molar-refractivity contribution < 1.29 is 8.42 Å². The minimum atomic E-state index is -3.49. The van der Waals surface area contributed by atoms with Gasteiger partial charge in [0.1, 0.15) is 4.90 Å². The molecule has 0 unspecified atom stereocenters. The Hall–Kier alpha value is -0.620. The normalized spacial score (nSPS) is 11.6. The van der Waals surface area contributed by atoms with Gasteiger partial charge in [0.2, 0.25) is 10.0 Å². The van der Waals surface area contributed by atoms with Gasteiger partial charge in [-0.25, -0.2) is 13.1 Å². The smallest absolute Gasteiger partial charge is 0.242 e. The number of sulfonamides is 1. The van der Waals surface area contributed by atoms with Gasteiger partial charge >= 0.3 is 0 Å². The van der Waals surface area contributed by atoms with E-state index in [1.807, 2.05) is 0 Å². The number of halogens is 1. The Labute approximate surface area is 101 Å². The van der Waals surface area contributed by atoms with Gasteiger partial charge in [0.05, 0.1) is 5.02 Å². The van der Waals surface area contributed by atoms with Crippen LogP contribution in [-0.2, 0) is 10.0 Å². The van der Waals surface area contributed by atoms with Crippen molar-refractivity contribution in [3.8, 4) is 0 Å². The molecule has 0 aromatic heterocycles. The van der Waals surface area contributed by atoms with Gasteiger partial charge < -0.3 is 5.73 Å². The fourth-order valence-corrected chi connectivity index (χ4v) is 2.81. The van der Waals surface area contributed by atoms with Crippen molar-refractivity contribution in [2.24, 2.45) is 5.73 Å². The number of rotatable bonds is 6. The predicted molar refractivity (Wildman–Crippen MR) is 64.9 cm³/mol. The molecule has 0 radical (unpaired) electrons. The van der Waals surface area contributed by atoms with E-state index >= 15 is 0 Å². The first-order valence-corrected chi connectivity index (χ1v) is 6.88. The highest BCUT2D eigenvalue weighted by molar-refractivity contribution is 7.89. The van der Waals surface area contributed by atoms with E-state index in [1.165, 1.54) is 6.07 Å². The van der Waals surface area contributed by atoms with Crippen LogP contribution in [0, 0.1) is 0 Å². The molecule has 0 aliphatic carbocycles. The monoisotopic (exact) mass is 262 g/mol. The molecule has 0 spiro atoms. The van der Waals surface area contributed by atoms with Crippen molar-refractivity contribution in [2.45, 2.75) is 17.7 Å². The number of benzene rings is 1. The van der Waals surface area contributed by atoms with Gasteiger partial charge in [-0.15, -0.1) is 0 Å². The number of hydrogen-bond acceptors (Lipinski definition) is 3. The van der Waals surface area contributed by atoms with Gasteiger partial charge in [0.15, 0.2) is 0 Å². The Morgan fingerprint density at radius 1 is 1.25 bits per heavy atom. The van der Waals surface area contributed by atoms with Crippen LogP contribution in [0.25, 0.3) is 0 Å². The summed E-state index contributed by atoms with van der Waals surface area (Å²) in [6.45, 7) is 0.943. The molecule has 0 amide bonds. The molecule has 4 nitrogen and oxygen atoms in total. The SMILES string of the molecule is NCCCCNS(=O)(=O)c1ccccc1Cl. The topological polar surface area (TPSA) is 72.2 Å². The molecule has 0 atom stereocenters. The average molecular weight is 263 g/mol. The third-order valence-electron chi connectivity index (χ3n) is 2.05. The number of nitrogens with one attached hydrogen (secondary N) is 1. The average Bonchev–Trinajstić information content (AvgIpc) is 2.25. The zero-order chi connectivity index (χ0) is 12.0. The van der Waals surface area contributed by atoms with Crippen LogP contribution in [0.15, 0.2) is 29.2 Å². The third kappa shape index (κ3) is 3.75. The van der Waals surface area contributed by atoms with Gasteiger partial charge in [0, 0.05) is 6.54 Å². The predicted octanol–water partition coefficient (Wildman–Crippen LogP) is 1.36. The molecule has 16 heavy (non-hydrogen) atoms. The fraction of sp³-hybridized carbons (Fsp3) is 0.400. The Kier molecular flexibility index (Phi) is 5.21. The summed E-state index contributed by atoms with van der Waals surface area (Å²) < 4.78 is 26.1. The molecule has 0 fully saturated rings. The molecule has 0 aliphatic rings. The maximum Gasteiger partial charge on any atom is 0.242 e. The summed E-state index contributed by atoms with van der Waals surface area (Å²) in [5.74, 6) is 0. The van der Waals surface area contributed by atoms with Gasteiger partial charge in [0.25, 0.3) is 0 Å². The quantitative estimate of drug-likeness (QED) is 0.761. The van der Waals surface area contributed by atoms with Crippen LogP contribution in [0.1, 0.15) is 12.8 Å². The standard InChI is InChI=1S/C10H15ClN2O2S/c11-9-5-1-2-6-10(9)16(14,15)13-8-4-3-7-12/h1-2,5-6,13H,3-4,7-8,12H2. The zero-order valence-corrected chi connectivity index (χ0v) is 10.4. The largest absolute Gasteiger partial charge is 0.330 e. The summed E-state index contributed by atoms with van der Waals surface area (Å²) in [5, 5.41) is 0.230. The molecule has 0 aliphatic heterocycles. The second kappa shape index (κ2) is 6.20. The lowest BCUT2D eigenvalue weighted by atomic mass is 10.3. The van der Waals surface area contributed by atoms with E-state index in [1.54, 1.807) is 18.2 Å². The lowest BCUT2D eigenvalue weighted by molar-refractivity contribution is 0.577. The highest BCUT2D eigenvalue weighted by Crippen LogP contribution is 2.19. The summed E-state index contributed by atoms with van der Waals surface area (Å²) in [5.41, 5.74) is 5.32.